The molecule has 0 aliphatic carbocycles. The van der Waals surface area contributed by atoms with Crippen molar-refractivity contribution in [1.82, 2.24) is 14.8 Å². The van der Waals surface area contributed by atoms with E-state index in [2.05, 4.69) is 15.4 Å². The lowest BCUT2D eigenvalue weighted by molar-refractivity contribution is 0.102. The number of hydrogen-bond donors (Lipinski definition) is 1. The van der Waals surface area contributed by atoms with Gasteiger partial charge in [-0.05, 0) is 56.7 Å². The van der Waals surface area contributed by atoms with Crippen molar-refractivity contribution in [2.75, 3.05) is 19.5 Å². The molecule has 164 valence electrons. The van der Waals surface area contributed by atoms with Crippen LogP contribution in [0.25, 0.3) is 16.7 Å². The first-order valence-corrected chi connectivity index (χ1v) is 10.4. The summed E-state index contributed by atoms with van der Waals surface area (Å²) in [7, 11) is 3.11. The standard InChI is InChI=1S/C24H23ClN4O3/c1-13-11-17(24(30)27-16-9-10-20(31-4)21(12-16)32-5)22-15(3)28-29(23(22)26-13)19-8-6-7-18(25)14(19)2/h6-12H,1-5H3,(H,27,30). The molecule has 2 aromatic heterocycles. The molecule has 0 atom stereocenters. The minimum Gasteiger partial charge on any atom is -0.493 e. The summed E-state index contributed by atoms with van der Waals surface area (Å²) in [6, 6.07) is 12.6. The van der Waals surface area contributed by atoms with Crippen LogP contribution in [0.15, 0.2) is 42.5 Å². The number of fused-ring (bicyclic) bond motifs is 1. The molecule has 0 saturated heterocycles. The fourth-order valence-electron chi connectivity index (χ4n) is 3.70. The third-order valence-electron chi connectivity index (χ3n) is 5.29. The first-order valence-electron chi connectivity index (χ1n) is 10.00. The lowest BCUT2D eigenvalue weighted by atomic mass is 10.1. The number of amides is 1. The van der Waals surface area contributed by atoms with Crippen LogP contribution in [0.4, 0.5) is 5.69 Å². The van der Waals surface area contributed by atoms with E-state index in [0.29, 0.717) is 50.2 Å². The number of halogens is 1. The summed E-state index contributed by atoms with van der Waals surface area (Å²) in [5.41, 5.74) is 4.79. The summed E-state index contributed by atoms with van der Waals surface area (Å²) < 4.78 is 12.3. The maximum atomic E-state index is 13.3. The highest BCUT2D eigenvalue weighted by molar-refractivity contribution is 6.31. The zero-order chi connectivity index (χ0) is 23.0. The van der Waals surface area contributed by atoms with E-state index in [1.54, 1.807) is 43.2 Å². The van der Waals surface area contributed by atoms with Crippen LogP contribution < -0.4 is 14.8 Å². The number of aryl methyl sites for hydroxylation is 2. The van der Waals surface area contributed by atoms with Crippen molar-refractivity contribution in [3.63, 3.8) is 0 Å². The Labute approximate surface area is 190 Å². The van der Waals surface area contributed by atoms with Gasteiger partial charge in [0.05, 0.1) is 36.6 Å². The summed E-state index contributed by atoms with van der Waals surface area (Å²) in [5, 5.41) is 8.95. The van der Waals surface area contributed by atoms with Gasteiger partial charge in [0.15, 0.2) is 17.1 Å². The van der Waals surface area contributed by atoms with Gasteiger partial charge in [-0.2, -0.15) is 5.10 Å². The molecule has 0 fully saturated rings. The normalized spacial score (nSPS) is 10.9. The predicted octanol–water partition coefficient (Wildman–Crippen LogP) is 5.27. The molecule has 0 spiro atoms. The Hall–Kier alpha value is -3.58. The van der Waals surface area contributed by atoms with Gasteiger partial charge in [-0.1, -0.05) is 17.7 Å². The van der Waals surface area contributed by atoms with Gasteiger partial charge in [0, 0.05) is 22.5 Å². The Morgan fingerprint density at radius 1 is 1.03 bits per heavy atom. The van der Waals surface area contributed by atoms with E-state index in [9.17, 15) is 4.79 Å². The molecule has 32 heavy (non-hydrogen) atoms. The molecule has 0 radical (unpaired) electrons. The summed E-state index contributed by atoms with van der Waals surface area (Å²) in [5.74, 6) is 0.849. The molecule has 8 heteroatoms. The van der Waals surface area contributed by atoms with E-state index in [4.69, 9.17) is 21.1 Å². The Morgan fingerprint density at radius 2 is 1.78 bits per heavy atom. The van der Waals surface area contributed by atoms with E-state index in [1.165, 1.54) is 0 Å². The molecular formula is C24H23ClN4O3. The Kier molecular flexibility index (Phi) is 5.76. The van der Waals surface area contributed by atoms with Gasteiger partial charge >= 0.3 is 0 Å². The van der Waals surface area contributed by atoms with Crippen molar-refractivity contribution in [3.05, 3.63) is 70.0 Å². The Bertz CT molecular complexity index is 1350. The number of nitrogens with one attached hydrogen (secondary N) is 1. The highest BCUT2D eigenvalue weighted by atomic mass is 35.5. The number of pyridine rings is 1. The van der Waals surface area contributed by atoms with E-state index >= 15 is 0 Å². The lowest BCUT2D eigenvalue weighted by Gasteiger charge is -2.12. The number of anilines is 1. The smallest absolute Gasteiger partial charge is 0.256 e. The average Bonchev–Trinajstić information content (AvgIpc) is 3.10. The van der Waals surface area contributed by atoms with Crippen molar-refractivity contribution >= 4 is 34.2 Å². The molecule has 7 nitrogen and oxygen atoms in total. The van der Waals surface area contributed by atoms with Gasteiger partial charge in [-0.25, -0.2) is 9.67 Å². The van der Waals surface area contributed by atoms with Gasteiger partial charge in [0.25, 0.3) is 5.91 Å². The van der Waals surface area contributed by atoms with Crippen molar-refractivity contribution in [3.8, 4) is 17.2 Å². The maximum Gasteiger partial charge on any atom is 0.256 e. The average molecular weight is 451 g/mol. The van der Waals surface area contributed by atoms with E-state index < -0.39 is 0 Å². The fraction of sp³-hybridized carbons (Fsp3) is 0.208. The number of hydrogen-bond acceptors (Lipinski definition) is 5. The third kappa shape index (κ3) is 3.76. The number of ether oxygens (including phenoxy) is 2. The van der Waals surface area contributed by atoms with Gasteiger partial charge in [0.1, 0.15) is 0 Å². The summed E-state index contributed by atoms with van der Waals surface area (Å²) >= 11 is 6.33. The second-order valence-electron chi connectivity index (χ2n) is 7.41. The summed E-state index contributed by atoms with van der Waals surface area (Å²) in [4.78, 5) is 18.0. The van der Waals surface area contributed by atoms with Crippen LogP contribution in [-0.4, -0.2) is 34.9 Å². The molecule has 4 aromatic rings. The monoisotopic (exact) mass is 450 g/mol. The number of rotatable bonds is 5. The topological polar surface area (TPSA) is 78.3 Å². The van der Waals surface area contributed by atoms with Crippen LogP contribution >= 0.6 is 11.6 Å². The molecular weight excluding hydrogens is 428 g/mol. The quantitative estimate of drug-likeness (QED) is 0.448. The highest BCUT2D eigenvalue weighted by Crippen LogP contribution is 2.31. The number of benzene rings is 2. The molecule has 0 aliphatic rings. The SMILES string of the molecule is COc1ccc(NC(=O)c2cc(C)nc3c2c(C)nn3-c2cccc(Cl)c2C)cc1OC. The number of methoxy groups -OCH3 is 2. The van der Waals surface area contributed by atoms with Gasteiger partial charge in [0.2, 0.25) is 0 Å². The molecule has 1 amide bonds. The summed E-state index contributed by atoms with van der Waals surface area (Å²) in [6.07, 6.45) is 0. The molecule has 4 rings (SSSR count). The van der Waals surface area contributed by atoms with Crippen molar-refractivity contribution in [2.45, 2.75) is 20.8 Å². The minimum atomic E-state index is -0.266. The largest absolute Gasteiger partial charge is 0.493 e. The molecule has 0 unspecified atom stereocenters. The maximum absolute atomic E-state index is 13.3. The minimum absolute atomic E-state index is 0.266. The van der Waals surface area contributed by atoms with Crippen LogP contribution in [0.2, 0.25) is 5.02 Å². The molecule has 0 bridgehead atoms. The van der Waals surface area contributed by atoms with Crippen LogP contribution in [0.3, 0.4) is 0 Å². The molecule has 2 aromatic carbocycles. The Morgan fingerprint density at radius 3 is 2.50 bits per heavy atom. The van der Waals surface area contributed by atoms with E-state index in [-0.39, 0.29) is 5.91 Å². The second kappa shape index (κ2) is 8.51. The number of carbonyl (C=O) groups is 1. The zero-order valence-electron chi connectivity index (χ0n) is 18.5. The Balaban J connectivity index is 1.81. The molecule has 0 aliphatic heterocycles. The summed E-state index contributed by atoms with van der Waals surface area (Å²) in [6.45, 7) is 5.65. The number of nitrogens with zero attached hydrogens (tertiary/aromatic N) is 3. The van der Waals surface area contributed by atoms with Crippen molar-refractivity contribution in [2.24, 2.45) is 0 Å². The first-order chi connectivity index (χ1) is 15.3. The first kappa shape index (κ1) is 21.6. The zero-order valence-corrected chi connectivity index (χ0v) is 19.2. The molecule has 2 heterocycles. The van der Waals surface area contributed by atoms with Gasteiger partial charge in [-0.3, -0.25) is 4.79 Å². The molecule has 1 N–H and O–H groups in total. The lowest BCUT2D eigenvalue weighted by Crippen LogP contribution is -2.13. The predicted molar refractivity (Wildman–Crippen MR) is 126 cm³/mol. The van der Waals surface area contributed by atoms with Crippen LogP contribution in [0.5, 0.6) is 11.5 Å². The molecule has 0 saturated carbocycles. The van der Waals surface area contributed by atoms with Gasteiger partial charge in [-0.15, -0.1) is 0 Å². The van der Waals surface area contributed by atoms with Gasteiger partial charge < -0.3 is 14.8 Å². The van der Waals surface area contributed by atoms with Crippen LogP contribution in [-0.2, 0) is 0 Å². The fourth-order valence-corrected chi connectivity index (χ4v) is 3.87. The van der Waals surface area contributed by atoms with Crippen molar-refractivity contribution in [1.29, 1.82) is 0 Å². The highest BCUT2D eigenvalue weighted by Gasteiger charge is 2.21. The third-order valence-corrected chi connectivity index (χ3v) is 5.70. The number of carbonyl (C=O) groups excluding carboxylic acids is 1. The number of aromatic nitrogens is 3. The van der Waals surface area contributed by atoms with Crippen LogP contribution in [0, 0.1) is 20.8 Å². The van der Waals surface area contributed by atoms with E-state index in [0.717, 1.165) is 11.3 Å². The second-order valence-corrected chi connectivity index (χ2v) is 7.82. The van der Waals surface area contributed by atoms with Crippen LogP contribution in [0.1, 0.15) is 27.3 Å². The van der Waals surface area contributed by atoms with Crippen molar-refractivity contribution < 1.29 is 14.3 Å². The van der Waals surface area contributed by atoms with E-state index in [1.807, 2.05) is 39.0 Å².